The maximum Gasteiger partial charge on any atom is 0.347 e. The number of carboxylic acids is 1. The molecule has 2 rings (SSSR count). The Balaban J connectivity index is 2.06. The molecule has 0 aliphatic rings. The third-order valence-electron chi connectivity index (χ3n) is 2.44. The van der Waals surface area contributed by atoms with E-state index in [9.17, 15) is 14.7 Å². The molecule has 3 N–H and O–H groups in total. The van der Waals surface area contributed by atoms with Crippen molar-refractivity contribution >= 4 is 23.2 Å². The highest BCUT2D eigenvalue weighted by molar-refractivity contribution is 7.13. The second kappa shape index (κ2) is 5.66. The Morgan fingerprint density at radius 2 is 2.20 bits per heavy atom. The Morgan fingerprint density at radius 3 is 2.80 bits per heavy atom. The molecule has 0 aliphatic heterocycles. The molecule has 2 heterocycles. The number of aromatic nitrogens is 2. The van der Waals surface area contributed by atoms with E-state index in [2.05, 4.69) is 15.3 Å². The molecule has 0 aromatic carbocycles. The number of thiazole rings is 1. The largest absolute Gasteiger partial charge is 0.505 e. The van der Waals surface area contributed by atoms with Crippen molar-refractivity contribution in [2.75, 3.05) is 0 Å². The van der Waals surface area contributed by atoms with E-state index in [-0.39, 0.29) is 22.9 Å². The monoisotopic (exact) mass is 293 g/mol. The lowest BCUT2D eigenvalue weighted by molar-refractivity contribution is 0.0701. The van der Waals surface area contributed by atoms with Crippen LogP contribution in [0.5, 0.6) is 5.75 Å². The van der Waals surface area contributed by atoms with E-state index in [0.29, 0.717) is 10.7 Å². The van der Waals surface area contributed by atoms with Gasteiger partial charge in [-0.25, -0.2) is 14.8 Å². The summed E-state index contributed by atoms with van der Waals surface area (Å²) >= 11 is 1.00. The van der Waals surface area contributed by atoms with Gasteiger partial charge >= 0.3 is 5.97 Å². The normalized spacial score (nSPS) is 10.2. The summed E-state index contributed by atoms with van der Waals surface area (Å²) in [6.07, 6.45) is 1.39. The quantitative estimate of drug-likeness (QED) is 0.780. The predicted molar refractivity (Wildman–Crippen MR) is 70.9 cm³/mol. The van der Waals surface area contributed by atoms with Crippen LogP contribution in [0, 0.1) is 6.92 Å². The van der Waals surface area contributed by atoms with Gasteiger partial charge < -0.3 is 15.5 Å². The molecule has 1 amide bonds. The topological polar surface area (TPSA) is 112 Å². The fourth-order valence-corrected chi connectivity index (χ4v) is 2.38. The van der Waals surface area contributed by atoms with Gasteiger partial charge in [0.1, 0.15) is 15.6 Å². The van der Waals surface area contributed by atoms with Crippen molar-refractivity contribution in [3.8, 4) is 5.75 Å². The molecule has 2 aromatic rings. The summed E-state index contributed by atoms with van der Waals surface area (Å²) in [6.45, 7) is 1.67. The second-order valence-corrected chi connectivity index (χ2v) is 4.96. The highest BCUT2D eigenvalue weighted by Crippen LogP contribution is 2.18. The van der Waals surface area contributed by atoms with E-state index >= 15 is 0 Å². The van der Waals surface area contributed by atoms with Crippen molar-refractivity contribution in [1.29, 1.82) is 0 Å². The lowest BCUT2D eigenvalue weighted by Crippen LogP contribution is -2.23. The molecule has 7 nitrogen and oxygen atoms in total. The number of carboxylic acid groups (broad SMARTS) is 1. The van der Waals surface area contributed by atoms with Gasteiger partial charge in [0, 0.05) is 6.20 Å². The van der Waals surface area contributed by atoms with E-state index in [1.54, 1.807) is 6.92 Å². The van der Waals surface area contributed by atoms with Gasteiger partial charge in [0.15, 0.2) is 5.69 Å². The third kappa shape index (κ3) is 2.91. The molecule has 0 spiro atoms. The maximum absolute atomic E-state index is 11.8. The predicted octanol–water partition coefficient (Wildman–Crippen LogP) is 1.18. The van der Waals surface area contributed by atoms with Crippen LogP contribution in [0.1, 0.15) is 30.9 Å². The van der Waals surface area contributed by atoms with Crippen LogP contribution >= 0.6 is 11.3 Å². The molecular weight excluding hydrogens is 282 g/mol. The molecule has 0 bridgehead atoms. The summed E-state index contributed by atoms with van der Waals surface area (Å²) in [5, 5.41) is 21.4. The van der Waals surface area contributed by atoms with E-state index in [1.165, 1.54) is 18.3 Å². The second-order valence-electron chi connectivity index (χ2n) is 3.88. The maximum atomic E-state index is 11.8. The molecule has 8 heteroatoms. The first-order valence-corrected chi connectivity index (χ1v) is 6.42. The Labute approximate surface area is 117 Å². The van der Waals surface area contributed by atoms with Crippen LogP contribution in [0.25, 0.3) is 0 Å². The Morgan fingerprint density at radius 1 is 1.45 bits per heavy atom. The molecule has 20 heavy (non-hydrogen) atoms. The molecular formula is C12H11N3O4S. The molecule has 2 aromatic heterocycles. The minimum Gasteiger partial charge on any atom is -0.505 e. The molecule has 0 radical (unpaired) electrons. The fourth-order valence-electron chi connectivity index (χ4n) is 1.54. The number of amides is 1. The number of aromatic carboxylic acids is 1. The summed E-state index contributed by atoms with van der Waals surface area (Å²) in [7, 11) is 0. The average Bonchev–Trinajstić information content (AvgIpc) is 2.78. The van der Waals surface area contributed by atoms with Gasteiger partial charge in [-0.1, -0.05) is 0 Å². The number of hydrogen-bond acceptors (Lipinski definition) is 6. The number of nitrogens with one attached hydrogen (secondary N) is 1. The zero-order valence-corrected chi connectivity index (χ0v) is 11.3. The third-order valence-corrected chi connectivity index (χ3v) is 3.58. The number of carbonyl (C=O) groups excluding carboxylic acids is 1. The number of nitrogens with zero attached hydrogens (tertiary/aromatic N) is 2. The van der Waals surface area contributed by atoms with Crippen molar-refractivity contribution in [2.24, 2.45) is 0 Å². The van der Waals surface area contributed by atoms with E-state index in [0.717, 1.165) is 11.3 Å². The first-order valence-electron chi connectivity index (χ1n) is 5.61. The molecule has 0 fully saturated rings. The Bertz CT molecular complexity index is 668. The Hall–Kier alpha value is -2.48. The fraction of sp³-hybridized carbons (Fsp3) is 0.167. The van der Waals surface area contributed by atoms with Crippen LogP contribution in [0.4, 0.5) is 0 Å². The van der Waals surface area contributed by atoms with Gasteiger partial charge in [0.05, 0.1) is 12.2 Å². The van der Waals surface area contributed by atoms with Gasteiger partial charge in [0.25, 0.3) is 5.91 Å². The summed E-state index contributed by atoms with van der Waals surface area (Å²) in [4.78, 5) is 30.6. The van der Waals surface area contributed by atoms with E-state index in [4.69, 9.17) is 5.11 Å². The molecule has 0 saturated carbocycles. The molecule has 0 unspecified atom stereocenters. The number of carbonyl (C=O) groups is 2. The van der Waals surface area contributed by atoms with Gasteiger partial charge in [-0.05, 0) is 19.1 Å². The standard InChI is InChI=1S/C12H11N3O4S/c1-6-10(12(18)19)20-8(15-6)5-14-11(17)9-7(16)3-2-4-13-9/h2-4,16H,5H2,1H3,(H,14,17)(H,18,19). The molecule has 0 aliphatic carbocycles. The van der Waals surface area contributed by atoms with Gasteiger partial charge in [0.2, 0.25) is 0 Å². The van der Waals surface area contributed by atoms with Crippen LogP contribution in [0.3, 0.4) is 0 Å². The van der Waals surface area contributed by atoms with Crippen molar-refractivity contribution in [1.82, 2.24) is 15.3 Å². The average molecular weight is 293 g/mol. The number of aryl methyl sites for hydroxylation is 1. The van der Waals surface area contributed by atoms with Gasteiger partial charge in [-0.3, -0.25) is 4.79 Å². The van der Waals surface area contributed by atoms with E-state index in [1.807, 2.05) is 0 Å². The first-order chi connectivity index (χ1) is 9.49. The van der Waals surface area contributed by atoms with Gasteiger partial charge in [-0.2, -0.15) is 0 Å². The molecule has 104 valence electrons. The minimum absolute atomic E-state index is 0.0770. The zero-order chi connectivity index (χ0) is 14.7. The van der Waals surface area contributed by atoms with Crippen LogP contribution in [0.2, 0.25) is 0 Å². The lowest BCUT2D eigenvalue weighted by Gasteiger charge is -2.03. The number of pyridine rings is 1. The summed E-state index contributed by atoms with van der Waals surface area (Å²) in [5.41, 5.74) is 0.326. The highest BCUT2D eigenvalue weighted by Gasteiger charge is 2.16. The summed E-state index contributed by atoms with van der Waals surface area (Å²) in [6, 6.07) is 2.87. The highest BCUT2D eigenvalue weighted by atomic mass is 32.1. The minimum atomic E-state index is -1.04. The van der Waals surface area contributed by atoms with Crippen molar-refractivity contribution in [2.45, 2.75) is 13.5 Å². The van der Waals surface area contributed by atoms with Crippen molar-refractivity contribution in [3.05, 3.63) is 39.6 Å². The van der Waals surface area contributed by atoms with E-state index < -0.39 is 11.9 Å². The zero-order valence-electron chi connectivity index (χ0n) is 10.5. The van der Waals surface area contributed by atoms with Crippen LogP contribution in [0.15, 0.2) is 18.3 Å². The Kier molecular flexibility index (Phi) is 3.94. The van der Waals surface area contributed by atoms with Crippen LogP contribution in [-0.4, -0.2) is 32.1 Å². The summed E-state index contributed by atoms with van der Waals surface area (Å²) < 4.78 is 0. The van der Waals surface area contributed by atoms with Crippen molar-refractivity contribution < 1.29 is 19.8 Å². The molecule has 0 saturated heterocycles. The first kappa shape index (κ1) is 13.9. The number of hydrogen-bond donors (Lipinski definition) is 3. The van der Waals surface area contributed by atoms with Crippen LogP contribution in [-0.2, 0) is 6.54 Å². The lowest BCUT2D eigenvalue weighted by atomic mass is 10.3. The van der Waals surface area contributed by atoms with Crippen molar-refractivity contribution in [3.63, 3.8) is 0 Å². The van der Waals surface area contributed by atoms with Gasteiger partial charge in [-0.15, -0.1) is 11.3 Å². The summed E-state index contributed by atoms with van der Waals surface area (Å²) in [5.74, 6) is -1.81. The smallest absolute Gasteiger partial charge is 0.347 e. The molecule has 0 atom stereocenters. The van der Waals surface area contributed by atoms with Crippen LogP contribution < -0.4 is 5.32 Å². The number of aromatic hydroxyl groups is 1. The SMILES string of the molecule is Cc1nc(CNC(=O)c2ncccc2O)sc1C(=O)O. The number of rotatable bonds is 4.